The van der Waals surface area contributed by atoms with Gasteiger partial charge in [-0.2, -0.15) is 0 Å². The summed E-state index contributed by atoms with van der Waals surface area (Å²) in [7, 11) is 0. The van der Waals surface area contributed by atoms with Crippen LogP contribution in [0.1, 0.15) is 28.3 Å². The summed E-state index contributed by atoms with van der Waals surface area (Å²) >= 11 is 3.55. The van der Waals surface area contributed by atoms with Crippen LogP contribution in [-0.4, -0.2) is 0 Å². The molecule has 0 saturated heterocycles. The van der Waals surface area contributed by atoms with Crippen LogP contribution in [0.15, 0.2) is 40.9 Å². The normalized spacial score (nSPS) is 12.5. The lowest BCUT2D eigenvalue weighted by Gasteiger charge is -2.19. The molecular weight excluding hydrogens is 307 g/mol. The van der Waals surface area contributed by atoms with Gasteiger partial charge in [-0.25, -0.2) is 9.82 Å². The maximum Gasteiger partial charge on any atom is 0.123 e. The average Bonchev–Trinajstić information content (AvgIpc) is 2.39. The van der Waals surface area contributed by atoms with E-state index in [4.69, 9.17) is 5.84 Å². The van der Waals surface area contributed by atoms with Gasteiger partial charge >= 0.3 is 0 Å². The third-order valence-corrected chi connectivity index (χ3v) is 4.41. The smallest absolute Gasteiger partial charge is 0.123 e. The molecule has 2 rings (SSSR count). The maximum atomic E-state index is 13.0. The molecule has 2 aromatic carbocycles. The van der Waals surface area contributed by atoms with Gasteiger partial charge in [0.05, 0.1) is 6.04 Å². The highest BCUT2D eigenvalue weighted by Gasteiger charge is 2.14. The van der Waals surface area contributed by atoms with Gasteiger partial charge in [-0.05, 0) is 48.2 Å². The summed E-state index contributed by atoms with van der Waals surface area (Å²) < 4.78 is 14.1. The molecule has 0 aliphatic carbocycles. The summed E-state index contributed by atoms with van der Waals surface area (Å²) in [5.74, 6) is 5.41. The zero-order chi connectivity index (χ0) is 14.0. The second-order valence-electron chi connectivity index (χ2n) is 4.62. The fourth-order valence-corrected chi connectivity index (χ4v) is 2.42. The number of hydrazine groups is 1. The van der Waals surface area contributed by atoms with E-state index in [9.17, 15) is 4.39 Å². The predicted octanol–water partition coefficient (Wildman–Crippen LogP) is 3.76. The molecule has 0 saturated carbocycles. The number of rotatable bonds is 3. The Bertz CT molecular complexity index is 558. The fraction of sp³-hybridized carbons (Fsp3) is 0.200. The molecule has 0 fully saturated rings. The number of benzene rings is 2. The minimum atomic E-state index is -0.248. The van der Waals surface area contributed by atoms with Crippen molar-refractivity contribution in [1.29, 1.82) is 0 Å². The molecule has 100 valence electrons. The Morgan fingerprint density at radius 2 is 1.58 bits per heavy atom. The van der Waals surface area contributed by atoms with E-state index in [1.54, 1.807) is 12.1 Å². The number of hydrogen-bond acceptors (Lipinski definition) is 2. The Labute approximate surface area is 120 Å². The van der Waals surface area contributed by atoms with Crippen molar-refractivity contribution in [3.8, 4) is 0 Å². The molecule has 19 heavy (non-hydrogen) atoms. The van der Waals surface area contributed by atoms with E-state index in [2.05, 4.69) is 33.5 Å². The summed E-state index contributed by atoms with van der Waals surface area (Å²) in [5.41, 5.74) is 7.09. The average molecular weight is 323 g/mol. The summed E-state index contributed by atoms with van der Waals surface area (Å²) in [4.78, 5) is 0. The molecule has 0 aromatic heterocycles. The predicted molar refractivity (Wildman–Crippen MR) is 79.2 cm³/mol. The summed E-state index contributed by atoms with van der Waals surface area (Å²) in [5, 5.41) is 0. The van der Waals surface area contributed by atoms with E-state index in [1.165, 1.54) is 12.1 Å². The van der Waals surface area contributed by atoms with Crippen molar-refractivity contribution in [2.75, 3.05) is 0 Å². The lowest BCUT2D eigenvalue weighted by molar-refractivity contribution is 0.615. The largest absolute Gasteiger partial charge is 0.271 e. The van der Waals surface area contributed by atoms with Crippen LogP contribution in [0.5, 0.6) is 0 Å². The van der Waals surface area contributed by atoms with Crippen molar-refractivity contribution in [2.24, 2.45) is 5.84 Å². The van der Waals surface area contributed by atoms with E-state index >= 15 is 0 Å². The molecule has 2 nitrogen and oxygen atoms in total. The first-order valence-electron chi connectivity index (χ1n) is 6.01. The maximum absolute atomic E-state index is 13.0. The molecule has 0 bridgehead atoms. The SMILES string of the molecule is Cc1cc(C(NN)c2ccc(F)cc2)cc(C)c1Br. The first-order valence-corrected chi connectivity index (χ1v) is 6.80. The summed E-state index contributed by atoms with van der Waals surface area (Å²) in [6.07, 6.45) is 0. The van der Waals surface area contributed by atoms with Gasteiger partial charge in [-0.1, -0.05) is 40.2 Å². The van der Waals surface area contributed by atoms with Crippen LogP contribution in [0.25, 0.3) is 0 Å². The molecule has 0 amide bonds. The number of hydrogen-bond donors (Lipinski definition) is 2. The number of halogens is 2. The van der Waals surface area contributed by atoms with Crippen LogP contribution in [0.4, 0.5) is 4.39 Å². The Balaban J connectivity index is 2.45. The molecule has 1 unspecified atom stereocenters. The van der Waals surface area contributed by atoms with Gasteiger partial charge in [-0.15, -0.1) is 0 Å². The van der Waals surface area contributed by atoms with E-state index < -0.39 is 0 Å². The van der Waals surface area contributed by atoms with Gasteiger partial charge in [0.1, 0.15) is 5.82 Å². The van der Waals surface area contributed by atoms with E-state index in [1.807, 2.05) is 13.8 Å². The van der Waals surface area contributed by atoms with Gasteiger partial charge in [0.25, 0.3) is 0 Å². The molecule has 4 heteroatoms. The van der Waals surface area contributed by atoms with Gasteiger partial charge in [0.2, 0.25) is 0 Å². The van der Waals surface area contributed by atoms with Crippen molar-refractivity contribution in [3.63, 3.8) is 0 Å². The third kappa shape index (κ3) is 3.03. The molecular formula is C15H16BrFN2. The number of nitrogens with one attached hydrogen (secondary N) is 1. The van der Waals surface area contributed by atoms with E-state index in [0.29, 0.717) is 0 Å². The van der Waals surface area contributed by atoms with Crippen molar-refractivity contribution in [1.82, 2.24) is 5.43 Å². The monoisotopic (exact) mass is 322 g/mol. The van der Waals surface area contributed by atoms with Gasteiger partial charge < -0.3 is 0 Å². The lowest BCUT2D eigenvalue weighted by atomic mass is 9.96. The molecule has 0 spiro atoms. The standard InChI is InChI=1S/C15H16BrFN2/c1-9-7-12(8-10(2)14(9)16)15(19-18)11-3-5-13(17)6-4-11/h3-8,15,19H,18H2,1-2H3. The summed E-state index contributed by atoms with van der Waals surface area (Å²) in [6.45, 7) is 4.08. The molecule has 0 radical (unpaired) electrons. The number of aryl methyl sites for hydroxylation is 2. The second-order valence-corrected chi connectivity index (χ2v) is 5.41. The highest BCUT2D eigenvalue weighted by Crippen LogP contribution is 2.28. The molecule has 0 aliphatic rings. The molecule has 3 N–H and O–H groups in total. The first kappa shape index (κ1) is 14.2. The quantitative estimate of drug-likeness (QED) is 0.667. The van der Waals surface area contributed by atoms with Gasteiger partial charge in [-0.3, -0.25) is 5.84 Å². The first-order chi connectivity index (χ1) is 9.02. The zero-order valence-electron chi connectivity index (χ0n) is 10.9. The topological polar surface area (TPSA) is 38.0 Å². The van der Waals surface area contributed by atoms with Crippen molar-refractivity contribution < 1.29 is 4.39 Å². The van der Waals surface area contributed by atoms with Crippen LogP contribution in [0.3, 0.4) is 0 Å². The molecule has 0 heterocycles. The van der Waals surface area contributed by atoms with Crippen molar-refractivity contribution in [3.05, 3.63) is 68.9 Å². The van der Waals surface area contributed by atoms with Crippen LogP contribution in [0, 0.1) is 19.7 Å². The van der Waals surface area contributed by atoms with Crippen LogP contribution in [-0.2, 0) is 0 Å². The van der Waals surface area contributed by atoms with Crippen molar-refractivity contribution >= 4 is 15.9 Å². The third-order valence-electron chi connectivity index (χ3n) is 3.16. The molecule has 2 aromatic rings. The lowest BCUT2D eigenvalue weighted by Crippen LogP contribution is -2.29. The molecule has 0 aliphatic heterocycles. The van der Waals surface area contributed by atoms with Crippen LogP contribution in [0.2, 0.25) is 0 Å². The minimum absolute atomic E-state index is 0.147. The van der Waals surface area contributed by atoms with Gasteiger partial charge in [0, 0.05) is 4.47 Å². The fourth-order valence-electron chi connectivity index (χ4n) is 2.19. The Morgan fingerprint density at radius 3 is 2.05 bits per heavy atom. The Morgan fingerprint density at radius 1 is 1.05 bits per heavy atom. The summed E-state index contributed by atoms with van der Waals surface area (Å²) in [6, 6.07) is 10.4. The minimum Gasteiger partial charge on any atom is -0.271 e. The Hall–Kier alpha value is -1.23. The van der Waals surface area contributed by atoms with Crippen molar-refractivity contribution in [2.45, 2.75) is 19.9 Å². The molecule has 1 atom stereocenters. The van der Waals surface area contributed by atoms with Crippen LogP contribution < -0.4 is 11.3 Å². The Kier molecular flexibility index (Phi) is 4.34. The highest BCUT2D eigenvalue weighted by atomic mass is 79.9. The second kappa shape index (κ2) is 5.82. The van der Waals surface area contributed by atoms with Gasteiger partial charge in [0.15, 0.2) is 0 Å². The number of nitrogens with two attached hydrogens (primary N) is 1. The van der Waals surface area contributed by atoms with Crippen LogP contribution >= 0.6 is 15.9 Å². The van der Waals surface area contributed by atoms with E-state index in [-0.39, 0.29) is 11.9 Å². The highest BCUT2D eigenvalue weighted by molar-refractivity contribution is 9.10. The zero-order valence-corrected chi connectivity index (χ0v) is 12.5. The van der Waals surface area contributed by atoms with E-state index in [0.717, 1.165) is 26.7 Å².